The molecule has 5 nitrogen and oxygen atoms in total. The Kier molecular flexibility index (Phi) is 5.04. The lowest BCUT2D eigenvalue weighted by atomic mass is 9.95. The van der Waals surface area contributed by atoms with Crippen LogP contribution in [-0.2, 0) is 16.0 Å². The SMILES string of the molecule is CCc1ccc2nc(NC(=O)C(C)NC(=O)C(C)(C)C)sc2c1. The fourth-order valence-corrected chi connectivity index (χ4v) is 2.87. The molecule has 0 radical (unpaired) electrons. The number of amides is 2. The summed E-state index contributed by atoms with van der Waals surface area (Å²) in [5.41, 5.74) is 1.58. The van der Waals surface area contributed by atoms with Gasteiger partial charge in [0.15, 0.2) is 5.13 Å². The molecule has 1 heterocycles. The Morgan fingerprint density at radius 2 is 2.00 bits per heavy atom. The highest BCUT2D eigenvalue weighted by atomic mass is 32.1. The minimum absolute atomic E-state index is 0.156. The maximum absolute atomic E-state index is 12.2. The fourth-order valence-electron chi connectivity index (χ4n) is 1.93. The summed E-state index contributed by atoms with van der Waals surface area (Å²) in [4.78, 5) is 28.6. The van der Waals surface area contributed by atoms with Crippen LogP contribution >= 0.6 is 11.3 Å². The van der Waals surface area contributed by atoms with Crippen LogP contribution in [-0.4, -0.2) is 22.8 Å². The largest absolute Gasteiger partial charge is 0.344 e. The monoisotopic (exact) mass is 333 g/mol. The highest BCUT2D eigenvalue weighted by Crippen LogP contribution is 2.27. The summed E-state index contributed by atoms with van der Waals surface area (Å²) in [6, 6.07) is 5.48. The Labute approximate surface area is 140 Å². The number of aromatic nitrogens is 1. The first kappa shape index (κ1) is 17.4. The normalized spacial score (nSPS) is 12.9. The molecule has 2 rings (SSSR count). The van der Waals surface area contributed by atoms with E-state index in [1.165, 1.54) is 16.9 Å². The molecule has 124 valence electrons. The number of benzene rings is 1. The molecule has 23 heavy (non-hydrogen) atoms. The van der Waals surface area contributed by atoms with Crippen molar-refractivity contribution in [1.82, 2.24) is 10.3 Å². The zero-order valence-corrected chi connectivity index (χ0v) is 15.0. The molecule has 2 amide bonds. The second-order valence-electron chi connectivity index (χ2n) is 6.61. The number of rotatable bonds is 4. The van der Waals surface area contributed by atoms with Crippen LogP contribution < -0.4 is 10.6 Å². The molecule has 0 aliphatic heterocycles. The lowest BCUT2D eigenvalue weighted by molar-refractivity contribution is -0.131. The lowest BCUT2D eigenvalue weighted by Gasteiger charge is -2.21. The third-order valence-corrected chi connectivity index (χ3v) is 4.45. The first-order chi connectivity index (χ1) is 10.7. The molecule has 0 aliphatic carbocycles. The number of hydrogen-bond acceptors (Lipinski definition) is 4. The molecule has 0 saturated carbocycles. The second-order valence-corrected chi connectivity index (χ2v) is 7.64. The molecular weight excluding hydrogens is 310 g/mol. The summed E-state index contributed by atoms with van der Waals surface area (Å²) in [5, 5.41) is 6.05. The van der Waals surface area contributed by atoms with E-state index in [0.717, 1.165) is 16.6 Å². The maximum atomic E-state index is 12.2. The van der Waals surface area contributed by atoms with Gasteiger partial charge in [-0.2, -0.15) is 0 Å². The average Bonchev–Trinajstić information content (AvgIpc) is 2.86. The van der Waals surface area contributed by atoms with Crippen LogP contribution in [0.5, 0.6) is 0 Å². The van der Waals surface area contributed by atoms with Crippen LogP contribution in [0.25, 0.3) is 10.2 Å². The van der Waals surface area contributed by atoms with E-state index in [1.54, 1.807) is 6.92 Å². The summed E-state index contributed by atoms with van der Waals surface area (Å²) in [6.07, 6.45) is 0.964. The smallest absolute Gasteiger partial charge is 0.248 e. The van der Waals surface area contributed by atoms with Crippen molar-refractivity contribution in [2.45, 2.75) is 47.1 Å². The van der Waals surface area contributed by atoms with E-state index in [2.05, 4.69) is 28.6 Å². The van der Waals surface area contributed by atoms with Crippen molar-refractivity contribution < 1.29 is 9.59 Å². The molecular formula is C17H23N3O2S. The number of thiazole rings is 1. The maximum Gasteiger partial charge on any atom is 0.248 e. The Bertz CT molecular complexity index is 731. The Balaban J connectivity index is 2.06. The van der Waals surface area contributed by atoms with E-state index < -0.39 is 11.5 Å². The molecule has 2 aromatic rings. The third-order valence-electron chi connectivity index (χ3n) is 3.51. The van der Waals surface area contributed by atoms with Gasteiger partial charge in [-0.3, -0.25) is 9.59 Å². The Morgan fingerprint density at radius 1 is 1.30 bits per heavy atom. The van der Waals surface area contributed by atoms with Gasteiger partial charge in [-0.15, -0.1) is 0 Å². The molecule has 1 aromatic heterocycles. The molecule has 1 unspecified atom stereocenters. The van der Waals surface area contributed by atoms with Crippen LogP contribution in [0.15, 0.2) is 18.2 Å². The average molecular weight is 333 g/mol. The van der Waals surface area contributed by atoms with Gasteiger partial charge in [-0.25, -0.2) is 4.98 Å². The molecule has 1 aromatic carbocycles. The van der Waals surface area contributed by atoms with Gasteiger partial charge >= 0.3 is 0 Å². The second kappa shape index (κ2) is 6.66. The predicted molar refractivity (Wildman–Crippen MR) is 94.7 cm³/mol. The van der Waals surface area contributed by atoms with Crippen molar-refractivity contribution in [3.8, 4) is 0 Å². The molecule has 0 saturated heterocycles. The van der Waals surface area contributed by atoms with Gasteiger partial charge in [0.05, 0.1) is 10.2 Å². The topological polar surface area (TPSA) is 71.1 Å². The van der Waals surface area contributed by atoms with Crippen LogP contribution in [0.3, 0.4) is 0 Å². The van der Waals surface area contributed by atoms with E-state index in [4.69, 9.17) is 0 Å². The van der Waals surface area contributed by atoms with Crippen molar-refractivity contribution in [2.75, 3.05) is 5.32 Å². The van der Waals surface area contributed by atoms with E-state index >= 15 is 0 Å². The molecule has 0 aliphatic rings. The molecule has 6 heteroatoms. The van der Waals surface area contributed by atoms with Gasteiger partial charge in [0.1, 0.15) is 6.04 Å². The van der Waals surface area contributed by atoms with E-state index in [9.17, 15) is 9.59 Å². The molecule has 0 spiro atoms. The predicted octanol–water partition coefficient (Wildman–Crippen LogP) is 3.35. The number of hydrogen-bond donors (Lipinski definition) is 2. The zero-order valence-electron chi connectivity index (χ0n) is 14.2. The molecule has 1 atom stereocenters. The number of nitrogens with zero attached hydrogens (tertiary/aromatic N) is 1. The number of carbonyl (C=O) groups is 2. The number of aryl methyl sites for hydroxylation is 1. The number of carbonyl (C=O) groups excluding carboxylic acids is 2. The minimum atomic E-state index is -0.611. The van der Waals surface area contributed by atoms with Crippen LogP contribution in [0.4, 0.5) is 5.13 Å². The fraction of sp³-hybridized carbons (Fsp3) is 0.471. The van der Waals surface area contributed by atoms with E-state index in [0.29, 0.717) is 5.13 Å². The molecule has 2 N–H and O–H groups in total. The van der Waals surface area contributed by atoms with Gasteiger partial charge in [0, 0.05) is 5.41 Å². The van der Waals surface area contributed by atoms with Crippen molar-refractivity contribution in [1.29, 1.82) is 0 Å². The summed E-state index contributed by atoms with van der Waals surface area (Å²) in [6.45, 7) is 9.20. The van der Waals surface area contributed by atoms with Crippen molar-refractivity contribution >= 4 is 38.5 Å². The van der Waals surface area contributed by atoms with Crippen LogP contribution in [0.1, 0.15) is 40.2 Å². The van der Waals surface area contributed by atoms with Crippen LogP contribution in [0.2, 0.25) is 0 Å². The van der Waals surface area contributed by atoms with Crippen LogP contribution in [0, 0.1) is 5.41 Å². The summed E-state index contributed by atoms with van der Waals surface area (Å²) >= 11 is 1.44. The Morgan fingerprint density at radius 3 is 2.61 bits per heavy atom. The minimum Gasteiger partial charge on any atom is -0.344 e. The summed E-state index contributed by atoms with van der Waals surface area (Å²) in [7, 11) is 0. The van der Waals surface area contributed by atoms with Crippen molar-refractivity contribution in [3.05, 3.63) is 23.8 Å². The lowest BCUT2D eigenvalue weighted by Crippen LogP contribution is -2.46. The van der Waals surface area contributed by atoms with Gasteiger partial charge in [-0.1, -0.05) is 45.1 Å². The summed E-state index contributed by atoms with van der Waals surface area (Å²) < 4.78 is 1.05. The van der Waals surface area contributed by atoms with Gasteiger partial charge in [0.2, 0.25) is 11.8 Å². The molecule has 0 fully saturated rings. The number of fused-ring (bicyclic) bond motifs is 1. The highest BCUT2D eigenvalue weighted by molar-refractivity contribution is 7.22. The van der Waals surface area contributed by atoms with E-state index in [1.807, 2.05) is 32.9 Å². The van der Waals surface area contributed by atoms with Gasteiger partial charge in [-0.05, 0) is 31.0 Å². The number of anilines is 1. The molecule has 0 bridgehead atoms. The third kappa shape index (κ3) is 4.28. The number of nitrogens with one attached hydrogen (secondary N) is 2. The van der Waals surface area contributed by atoms with Gasteiger partial charge < -0.3 is 10.6 Å². The van der Waals surface area contributed by atoms with E-state index in [-0.39, 0.29) is 11.8 Å². The first-order valence-electron chi connectivity index (χ1n) is 7.72. The first-order valence-corrected chi connectivity index (χ1v) is 8.53. The van der Waals surface area contributed by atoms with Crippen molar-refractivity contribution in [3.63, 3.8) is 0 Å². The quantitative estimate of drug-likeness (QED) is 0.901. The highest BCUT2D eigenvalue weighted by Gasteiger charge is 2.25. The standard InChI is InChI=1S/C17H23N3O2S/c1-6-11-7-8-12-13(9-11)23-16(19-12)20-14(21)10(2)18-15(22)17(3,4)5/h7-10H,6H2,1-5H3,(H,18,22)(H,19,20,21). The zero-order chi connectivity index (χ0) is 17.2. The Hall–Kier alpha value is -1.95. The van der Waals surface area contributed by atoms with Gasteiger partial charge in [0.25, 0.3) is 0 Å². The van der Waals surface area contributed by atoms with Crippen molar-refractivity contribution in [2.24, 2.45) is 5.41 Å². The summed E-state index contributed by atoms with van der Waals surface area (Å²) in [5.74, 6) is -0.422.